The molecule has 3 rings (SSSR count). The Hall–Kier alpha value is -2.49. The van der Waals surface area contributed by atoms with Crippen LogP contribution in [0.5, 0.6) is 0 Å². The second kappa shape index (κ2) is 7.81. The first-order chi connectivity index (χ1) is 12.4. The maximum atomic E-state index is 12.4. The summed E-state index contributed by atoms with van der Waals surface area (Å²) in [5.74, 6) is -0.0260. The molecule has 0 atom stereocenters. The molecule has 0 unspecified atom stereocenters. The van der Waals surface area contributed by atoms with Crippen molar-refractivity contribution in [1.82, 2.24) is 9.88 Å². The molecule has 3 aromatic rings. The van der Waals surface area contributed by atoms with Crippen molar-refractivity contribution in [2.24, 2.45) is 0 Å². The molecule has 0 aliphatic heterocycles. The number of nitrogens with zero attached hydrogens (tertiary/aromatic N) is 1. The molecule has 136 valence electrons. The maximum absolute atomic E-state index is 12.4. The molecule has 0 bridgehead atoms. The molecule has 2 heterocycles. The van der Waals surface area contributed by atoms with E-state index in [-0.39, 0.29) is 23.6 Å². The number of ether oxygens (including phenoxy) is 1. The molecular weight excluding hydrogens is 376 g/mol. The van der Waals surface area contributed by atoms with E-state index in [1.807, 2.05) is 17.5 Å². The molecule has 0 saturated heterocycles. The van der Waals surface area contributed by atoms with Crippen molar-refractivity contribution in [2.45, 2.75) is 25.0 Å². The summed E-state index contributed by atoms with van der Waals surface area (Å²) >= 11 is 1.46. The highest BCUT2D eigenvalue weighted by atomic mass is 32.2. The quantitative estimate of drug-likeness (QED) is 0.621. The molecule has 26 heavy (non-hydrogen) atoms. The molecule has 7 nitrogen and oxygen atoms in total. The van der Waals surface area contributed by atoms with Gasteiger partial charge in [-0.1, -0.05) is 17.3 Å². The first-order valence-electron chi connectivity index (χ1n) is 7.65. The van der Waals surface area contributed by atoms with Gasteiger partial charge in [0.15, 0.2) is 0 Å². The summed E-state index contributed by atoms with van der Waals surface area (Å²) in [6.07, 6.45) is 0. The normalized spacial score (nSPS) is 11.4. The van der Waals surface area contributed by atoms with Gasteiger partial charge < -0.3 is 9.26 Å². The lowest BCUT2D eigenvalue weighted by molar-refractivity contribution is 0.0464. The molecule has 0 fully saturated rings. The molecule has 0 radical (unpaired) electrons. The largest absolute Gasteiger partial charge is 0.455 e. The van der Waals surface area contributed by atoms with Gasteiger partial charge in [-0.2, -0.15) is 0 Å². The highest BCUT2D eigenvalue weighted by Crippen LogP contribution is 2.15. The predicted octanol–water partition coefficient (Wildman–Crippen LogP) is 2.88. The minimum absolute atomic E-state index is 0.000728. The highest BCUT2D eigenvalue weighted by Gasteiger charge is 2.17. The number of aromatic nitrogens is 1. The minimum Gasteiger partial charge on any atom is -0.455 e. The fraction of sp³-hybridized carbons (Fsp3) is 0.176. The summed E-state index contributed by atoms with van der Waals surface area (Å²) in [6, 6.07) is 11.0. The number of benzene rings is 1. The number of hydrogen-bond donors (Lipinski definition) is 1. The Bertz CT molecular complexity index is 994. The summed E-state index contributed by atoms with van der Waals surface area (Å²) in [4.78, 5) is 13.1. The molecular formula is C17H16N2O5S2. The number of rotatable bonds is 7. The van der Waals surface area contributed by atoms with Crippen molar-refractivity contribution in [2.75, 3.05) is 0 Å². The van der Waals surface area contributed by atoms with E-state index < -0.39 is 16.0 Å². The zero-order chi connectivity index (χ0) is 18.6. The third-order valence-electron chi connectivity index (χ3n) is 3.42. The average molecular weight is 392 g/mol. The Labute approximate surface area is 154 Å². The van der Waals surface area contributed by atoms with Gasteiger partial charge in [0.1, 0.15) is 18.1 Å². The van der Waals surface area contributed by atoms with E-state index in [0.717, 1.165) is 4.88 Å². The van der Waals surface area contributed by atoms with Crippen molar-refractivity contribution in [3.8, 4) is 0 Å². The fourth-order valence-corrected chi connectivity index (χ4v) is 3.95. The number of esters is 1. The van der Waals surface area contributed by atoms with Crippen molar-refractivity contribution in [3.63, 3.8) is 0 Å². The van der Waals surface area contributed by atoms with Gasteiger partial charge in [0.2, 0.25) is 10.0 Å². The lowest BCUT2D eigenvalue weighted by Crippen LogP contribution is -2.23. The number of carbonyl (C=O) groups is 1. The van der Waals surface area contributed by atoms with Crippen molar-refractivity contribution < 1.29 is 22.5 Å². The van der Waals surface area contributed by atoms with Crippen LogP contribution in [0.4, 0.5) is 0 Å². The molecule has 1 aromatic carbocycles. The van der Waals surface area contributed by atoms with E-state index in [2.05, 4.69) is 9.88 Å². The van der Waals surface area contributed by atoms with Gasteiger partial charge in [-0.3, -0.25) is 0 Å². The Morgan fingerprint density at radius 3 is 2.81 bits per heavy atom. The van der Waals surface area contributed by atoms with E-state index in [1.165, 1.54) is 35.6 Å². The Kier molecular flexibility index (Phi) is 5.50. The van der Waals surface area contributed by atoms with Crippen LogP contribution < -0.4 is 4.72 Å². The van der Waals surface area contributed by atoms with Crippen LogP contribution in [0.3, 0.4) is 0 Å². The number of carbonyl (C=O) groups excluding carboxylic acids is 1. The first kappa shape index (κ1) is 18.3. The molecule has 0 spiro atoms. The van der Waals surface area contributed by atoms with Gasteiger partial charge in [0.25, 0.3) is 0 Å². The zero-order valence-electron chi connectivity index (χ0n) is 13.8. The van der Waals surface area contributed by atoms with Crippen LogP contribution in [0, 0.1) is 6.92 Å². The molecule has 0 aliphatic carbocycles. The number of aryl methyl sites for hydroxylation is 1. The number of hydrogen-bond acceptors (Lipinski definition) is 7. The van der Waals surface area contributed by atoms with E-state index >= 15 is 0 Å². The molecule has 1 N–H and O–H groups in total. The van der Waals surface area contributed by atoms with Gasteiger partial charge >= 0.3 is 5.97 Å². The summed E-state index contributed by atoms with van der Waals surface area (Å²) in [7, 11) is -3.73. The van der Waals surface area contributed by atoms with E-state index in [9.17, 15) is 13.2 Å². The average Bonchev–Trinajstić information content (AvgIpc) is 3.29. The van der Waals surface area contributed by atoms with Crippen LogP contribution in [0.15, 0.2) is 57.3 Å². The van der Waals surface area contributed by atoms with Gasteiger partial charge in [-0.15, -0.1) is 11.3 Å². The Balaban J connectivity index is 1.67. The predicted molar refractivity (Wildman–Crippen MR) is 95.1 cm³/mol. The molecule has 0 saturated carbocycles. The van der Waals surface area contributed by atoms with Crippen LogP contribution in [0.1, 0.15) is 26.7 Å². The Morgan fingerprint density at radius 1 is 1.27 bits per heavy atom. The van der Waals surface area contributed by atoms with E-state index in [1.54, 1.807) is 13.0 Å². The molecule has 9 heteroatoms. The third kappa shape index (κ3) is 4.57. The standard InChI is InChI=1S/C17H16N2O5S2/c1-12-8-14(19-24-12)11-23-17(20)13-4-2-6-16(9-13)26(21,22)18-10-15-5-3-7-25-15/h2-9,18H,10-11H2,1H3. The minimum atomic E-state index is -3.73. The smallest absolute Gasteiger partial charge is 0.338 e. The summed E-state index contributed by atoms with van der Waals surface area (Å²) in [5, 5.41) is 5.60. The van der Waals surface area contributed by atoms with Crippen LogP contribution in [-0.2, 0) is 27.9 Å². The lowest BCUT2D eigenvalue weighted by atomic mass is 10.2. The number of sulfonamides is 1. The van der Waals surface area contributed by atoms with E-state index in [0.29, 0.717) is 11.5 Å². The second-order valence-corrected chi connectivity index (χ2v) is 8.24. The second-order valence-electron chi connectivity index (χ2n) is 5.44. The topological polar surface area (TPSA) is 98.5 Å². The van der Waals surface area contributed by atoms with Gasteiger partial charge in [0.05, 0.1) is 10.5 Å². The highest BCUT2D eigenvalue weighted by molar-refractivity contribution is 7.89. The van der Waals surface area contributed by atoms with Crippen LogP contribution in [-0.4, -0.2) is 19.5 Å². The van der Waals surface area contributed by atoms with Crippen molar-refractivity contribution in [1.29, 1.82) is 0 Å². The van der Waals surface area contributed by atoms with Crippen molar-refractivity contribution >= 4 is 27.3 Å². The Morgan fingerprint density at radius 2 is 2.12 bits per heavy atom. The number of thiophene rings is 1. The first-order valence-corrected chi connectivity index (χ1v) is 10.0. The van der Waals surface area contributed by atoms with Crippen LogP contribution in [0.2, 0.25) is 0 Å². The van der Waals surface area contributed by atoms with Crippen LogP contribution in [0.25, 0.3) is 0 Å². The summed E-state index contributed by atoms with van der Waals surface area (Å²) in [6.45, 7) is 1.87. The van der Waals surface area contributed by atoms with E-state index in [4.69, 9.17) is 9.26 Å². The third-order valence-corrected chi connectivity index (χ3v) is 5.70. The van der Waals surface area contributed by atoms with Gasteiger partial charge in [-0.05, 0) is 36.6 Å². The molecule has 0 amide bonds. The number of nitrogens with one attached hydrogen (secondary N) is 1. The SMILES string of the molecule is Cc1cc(COC(=O)c2cccc(S(=O)(=O)NCc3cccs3)c2)no1. The van der Waals surface area contributed by atoms with Gasteiger partial charge in [-0.25, -0.2) is 17.9 Å². The zero-order valence-corrected chi connectivity index (χ0v) is 15.5. The molecule has 2 aromatic heterocycles. The fourth-order valence-electron chi connectivity index (χ4n) is 2.16. The lowest BCUT2D eigenvalue weighted by Gasteiger charge is -2.08. The monoisotopic (exact) mass is 392 g/mol. The summed E-state index contributed by atoms with van der Waals surface area (Å²) in [5.41, 5.74) is 0.626. The molecule has 0 aliphatic rings. The maximum Gasteiger partial charge on any atom is 0.338 e. The summed E-state index contributed by atoms with van der Waals surface area (Å²) < 4.78 is 37.4. The van der Waals surface area contributed by atoms with Crippen LogP contribution >= 0.6 is 11.3 Å². The van der Waals surface area contributed by atoms with Gasteiger partial charge in [0, 0.05) is 17.5 Å². The van der Waals surface area contributed by atoms with Crippen molar-refractivity contribution in [3.05, 3.63) is 69.7 Å².